The van der Waals surface area contributed by atoms with Crippen molar-refractivity contribution in [1.29, 1.82) is 0 Å². The summed E-state index contributed by atoms with van der Waals surface area (Å²) in [6.45, 7) is 0. The summed E-state index contributed by atoms with van der Waals surface area (Å²) in [5.74, 6) is -2.05. The van der Waals surface area contributed by atoms with Gasteiger partial charge >= 0.3 is 0 Å². The molecule has 0 saturated carbocycles. The van der Waals surface area contributed by atoms with Crippen LogP contribution in [0.2, 0.25) is 10.0 Å². The molecule has 0 spiro atoms. The van der Waals surface area contributed by atoms with E-state index < -0.39 is 32.4 Å². The summed E-state index contributed by atoms with van der Waals surface area (Å²) in [6.07, 6.45) is -0.0905. The third-order valence-corrected chi connectivity index (χ3v) is 5.44. The zero-order valence-corrected chi connectivity index (χ0v) is 17.6. The Morgan fingerprint density at radius 2 is 1.80 bits per heavy atom. The second-order valence-electron chi connectivity index (χ2n) is 6.21. The normalized spacial score (nSPS) is 11.2. The second-order valence-corrected chi connectivity index (χ2v) is 8.58. The Morgan fingerprint density at radius 1 is 1.07 bits per heavy atom. The van der Waals surface area contributed by atoms with E-state index in [1.807, 2.05) is 0 Å². The predicted octanol–water partition coefficient (Wildman–Crippen LogP) is 4.75. The molecule has 1 amide bonds. The Bertz CT molecular complexity index is 1220. The molecule has 3 rings (SSSR count). The van der Waals surface area contributed by atoms with Crippen molar-refractivity contribution in [3.05, 3.63) is 82.1 Å². The first-order valence-electron chi connectivity index (χ1n) is 8.46. The molecule has 0 aromatic heterocycles. The molecule has 0 aliphatic heterocycles. The number of rotatable bonds is 6. The molecule has 10 heteroatoms. The zero-order chi connectivity index (χ0) is 21.9. The molecular formula is C20H15Cl2FN2O4S. The molecule has 0 unspecified atom stereocenters. The van der Waals surface area contributed by atoms with Crippen molar-refractivity contribution in [3.8, 4) is 11.5 Å². The van der Waals surface area contributed by atoms with E-state index in [0.717, 1.165) is 12.1 Å². The fourth-order valence-electron chi connectivity index (χ4n) is 2.62. The first kappa shape index (κ1) is 22.0. The molecule has 0 aliphatic rings. The van der Waals surface area contributed by atoms with Crippen molar-refractivity contribution in [2.75, 3.05) is 5.32 Å². The highest BCUT2D eigenvalue weighted by Gasteiger charge is 2.22. The predicted molar refractivity (Wildman–Crippen MR) is 113 cm³/mol. The minimum absolute atomic E-state index is 0.0905. The molecule has 30 heavy (non-hydrogen) atoms. The Labute approximate surface area is 182 Å². The topological polar surface area (TPSA) is 98.5 Å². The van der Waals surface area contributed by atoms with Gasteiger partial charge in [0.05, 0.1) is 6.42 Å². The van der Waals surface area contributed by atoms with Crippen LogP contribution in [-0.2, 0) is 21.2 Å². The molecule has 3 aromatic carbocycles. The van der Waals surface area contributed by atoms with Gasteiger partial charge in [-0.05, 0) is 35.9 Å². The highest BCUT2D eigenvalue weighted by molar-refractivity contribution is 7.89. The SMILES string of the molecule is NS(=O)(=O)c1cc(NC(=O)Cc2ccccc2Cl)cc(F)c1Oc1cccc(Cl)c1. The average molecular weight is 469 g/mol. The summed E-state index contributed by atoms with van der Waals surface area (Å²) in [6, 6.07) is 14.7. The van der Waals surface area contributed by atoms with Crippen molar-refractivity contribution in [2.24, 2.45) is 5.14 Å². The van der Waals surface area contributed by atoms with Gasteiger partial charge in [-0.15, -0.1) is 0 Å². The van der Waals surface area contributed by atoms with Gasteiger partial charge in [-0.2, -0.15) is 0 Å². The van der Waals surface area contributed by atoms with Crippen molar-refractivity contribution >= 4 is 44.8 Å². The summed E-state index contributed by atoms with van der Waals surface area (Å²) in [5, 5.41) is 8.37. The van der Waals surface area contributed by atoms with Gasteiger partial charge in [0.15, 0.2) is 11.6 Å². The van der Waals surface area contributed by atoms with Crippen LogP contribution in [0.3, 0.4) is 0 Å². The van der Waals surface area contributed by atoms with Crippen LogP contribution < -0.4 is 15.2 Å². The molecule has 0 radical (unpaired) electrons. The molecule has 0 atom stereocenters. The fourth-order valence-corrected chi connectivity index (χ4v) is 3.69. The molecule has 3 aromatic rings. The van der Waals surface area contributed by atoms with Crippen LogP contribution in [0.15, 0.2) is 65.6 Å². The number of hydrogen-bond donors (Lipinski definition) is 2. The number of carbonyl (C=O) groups is 1. The van der Waals surface area contributed by atoms with Gasteiger partial charge < -0.3 is 10.1 Å². The van der Waals surface area contributed by atoms with E-state index in [1.54, 1.807) is 36.4 Å². The van der Waals surface area contributed by atoms with Gasteiger partial charge in [0.25, 0.3) is 0 Å². The number of amides is 1. The van der Waals surface area contributed by atoms with Crippen molar-refractivity contribution in [1.82, 2.24) is 0 Å². The van der Waals surface area contributed by atoms with E-state index in [4.69, 9.17) is 33.1 Å². The summed E-state index contributed by atoms with van der Waals surface area (Å²) in [4.78, 5) is 11.7. The van der Waals surface area contributed by atoms with Crippen LogP contribution in [0.1, 0.15) is 5.56 Å². The number of halogens is 3. The second kappa shape index (κ2) is 9.01. The number of ether oxygens (including phenoxy) is 1. The molecule has 156 valence electrons. The fraction of sp³-hybridized carbons (Fsp3) is 0.0500. The van der Waals surface area contributed by atoms with Gasteiger partial charge in [-0.3, -0.25) is 4.79 Å². The number of nitrogens with one attached hydrogen (secondary N) is 1. The lowest BCUT2D eigenvalue weighted by molar-refractivity contribution is -0.115. The van der Waals surface area contributed by atoms with Crippen LogP contribution in [0.4, 0.5) is 10.1 Å². The number of nitrogens with two attached hydrogens (primary N) is 1. The molecule has 6 nitrogen and oxygen atoms in total. The first-order chi connectivity index (χ1) is 14.1. The number of benzene rings is 3. The number of hydrogen-bond acceptors (Lipinski definition) is 4. The lowest BCUT2D eigenvalue weighted by Gasteiger charge is -2.14. The number of sulfonamides is 1. The van der Waals surface area contributed by atoms with Gasteiger partial charge in [0, 0.05) is 21.8 Å². The van der Waals surface area contributed by atoms with E-state index in [0.29, 0.717) is 15.6 Å². The summed E-state index contributed by atoms with van der Waals surface area (Å²) >= 11 is 11.9. The van der Waals surface area contributed by atoms with Crippen LogP contribution in [-0.4, -0.2) is 14.3 Å². The van der Waals surface area contributed by atoms with E-state index >= 15 is 0 Å². The first-order valence-corrected chi connectivity index (χ1v) is 10.8. The maximum Gasteiger partial charge on any atom is 0.241 e. The molecule has 0 aliphatic carbocycles. The average Bonchev–Trinajstić information content (AvgIpc) is 2.65. The summed E-state index contributed by atoms with van der Waals surface area (Å²) in [7, 11) is -4.38. The Hall–Kier alpha value is -2.65. The maximum atomic E-state index is 14.7. The maximum absolute atomic E-state index is 14.7. The Kier molecular flexibility index (Phi) is 6.62. The van der Waals surface area contributed by atoms with Gasteiger partial charge in [0.1, 0.15) is 10.6 Å². The molecule has 3 N–H and O–H groups in total. The van der Waals surface area contributed by atoms with E-state index in [9.17, 15) is 17.6 Å². The van der Waals surface area contributed by atoms with Crippen molar-refractivity contribution in [3.63, 3.8) is 0 Å². The number of primary sulfonamides is 1. The van der Waals surface area contributed by atoms with Crippen molar-refractivity contribution < 1.29 is 22.3 Å². The third kappa shape index (κ3) is 5.48. The Morgan fingerprint density at radius 3 is 2.47 bits per heavy atom. The minimum atomic E-state index is -4.38. The van der Waals surface area contributed by atoms with Crippen LogP contribution in [0, 0.1) is 5.82 Å². The van der Waals surface area contributed by atoms with E-state index in [1.165, 1.54) is 12.1 Å². The largest absolute Gasteiger partial charge is 0.453 e. The summed E-state index contributed by atoms with van der Waals surface area (Å²) < 4.78 is 44.1. The van der Waals surface area contributed by atoms with E-state index in [2.05, 4.69) is 5.32 Å². The van der Waals surface area contributed by atoms with Crippen LogP contribution >= 0.6 is 23.2 Å². The molecule has 0 heterocycles. The quantitative estimate of drug-likeness (QED) is 0.544. The Balaban J connectivity index is 1.91. The van der Waals surface area contributed by atoms with E-state index in [-0.39, 0.29) is 17.9 Å². The van der Waals surface area contributed by atoms with Crippen molar-refractivity contribution in [2.45, 2.75) is 11.3 Å². The zero-order valence-electron chi connectivity index (χ0n) is 15.2. The van der Waals surface area contributed by atoms with Crippen LogP contribution in [0.5, 0.6) is 11.5 Å². The lowest BCUT2D eigenvalue weighted by Crippen LogP contribution is -2.17. The molecule has 0 saturated heterocycles. The highest BCUT2D eigenvalue weighted by atomic mass is 35.5. The molecule has 0 fully saturated rings. The lowest BCUT2D eigenvalue weighted by atomic mass is 10.1. The summed E-state index contributed by atoms with van der Waals surface area (Å²) in [5.41, 5.74) is 0.455. The molecular weight excluding hydrogens is 454 g/mol. The van der Waals surface area contributed by atoms with Gasteiger partial charge in [0.2, 0.25) is 15.9 Å². The minimum Gasteiger partial charge on any atom is -0.453 e. The van der Waals surface area contributed by atoms with Gasteiger partial charge in [-0.1, -0.05) is 47.5 Å². The number of carbonyl (C=O) groups excluding carboxylic acids is 1. The standard InChI is InChI=1S/C20H15Cl2FN2O4S/c21-13-5-3-6-15(9-13)29-20-17(23)10-14(11-18(20)30(24,27)28)25-19(26)8-12-4-1-2-7-16(12)22/h1-7,9-11H,8H2,(H,25,26)(H2,24,27,28). The monoisotopic (exact) mass is 468 g/mol. The number of anilines is 1. The smallest absolute Gasteiger partial charge is 0.241 e. The van der Waals surface area contributed by atoms with Gasteiger partial charge in [-0.25, -0.2) is 17.9 Å². The van der Waals surface area contributed by atoms with Crippen LogP contribution in [0.25, 0.3) is 0 Å². The highest BCUT2D eigenvalue weighted by Crippen LogP contribution is 2.34. The third-order valence-electron chi connectivity index (χ3n) is 3.92. The molecule has 0 bridgehead atoms.